The van der Waals surface area contributed by atoms with Crippen molar-refractivity contribution in [2.24, 2.45) is 0 Å². The van der Waals surface area contributed by atoms with Gasteiger partial charge in [-0.15, -0.1) is 0 Å². The maximum absolute atomic E-state index is 12.0. The molecular formula is C16H17ClN2O2. The van der Waals surface area contributed by atoms with Crippen molar-refractivity contribution in [3.05, 3.63) is 52.5 Å². The molecule has 0 saturated carbocycles. The zero-order chi connectivity index (χ0) is 15.4. The summed E-state index contributed by atoms with van der Waals surface area (Å²) in [7, 11) is 0. The minimum atomic E-state index is -0.410. The standard InChI is InChI=1S/C16H17ClN2O2/c1-3-21-16(20)13-9-12(18)6-7-14(13)19-15-8-11(17)5-4-10(15)2/h4-9,19H,3,18H2,1-2H3. The minimum Gasteiger partial charge on any atom is -0.462 e. The summed E-state index contributed by atoms with van der Waals surface area (Å²) < 4.78 is 5.05. The molecule has 110 valence electrons. The Hall–Kier alpha value is -2.20. The van der Waals surface area contributed by atoms with Crippen LogP contribution in [-0.4, -0.2) is 12.6 Å². The van der Waals surface area contributed by atoms with Gasteiger partial charge in [0.2, 0.25) is 0 Å². The summed E-state index contributed by atoms with van der Waals surface area (Å²) in [6.45, 7) is 4.03. The van der Waals surface area contributed by atoms with E-state index < -0.39 is 5.97 Å². The van der Waals surface area contributed by atoms with Crippen molar-refractivity contribution in [1.82, 2.24) is 0 Å². The summed E-state index contributed by atoms with van der Waals surface area (Å²) in [6.07, 6.45) is 0. The molecule has 0 saturated heterocycles. The highest BCUT2D eigenvalue weighted by molar-refractivity contribution is 6.30. The average molecular weight is 305 g/mol. The topological polar surface area (TPSA) is 64.3 Å². The number of carbonyl (C=O) groups is 1. The SMILES string of the molecule is CCOC(=O)c1cc(N)ccc1Nc1cc(Cl)ccc1C. The van der Waals surface area contributed by atoms with Crippen LogP contribution in [0.3, 0.4) is 0 Å². The van der Waals surface area contributed by atoms with Crippen molar-refractivity contribution in [3.8, 4) is 0 Å². The van der Waals surface area contributed by atoms with E-state index in [1.165, 1.54) is 0 Å². The largest absolute Gasteiger partial charge is 0.462 e. The van der Waals surface area contributed by atoms with E-state index in [4.69, 9.17) is 22.1 Å². The molecule has 4 nitrogen and oxygen atoms in total. The maximum Gasteiger partial charge on any atom is 0.340 e. The number of hydrogen-bond acceptors (Lipinski definition) is 4. The van der Waals surface area contributed by atoms with E-state index in [9.17, 15) is 4.79 Å². The van der Waals surface area contributed by atoms with E-state index in [0.717, 1.165) is 11.3 Å². The third kappa shape index (κ3) is 3.67. The first-order chi connectivity index (χ1) is 10.0. The van der Waals surface area contributed by atoms with Crippen LogP contribution >= 0.6 is 11.6 Å². The second-order valence-electron chi connectivity index (χ2n) is 4.61. The number of nitrogens with one attached hydrogen (secondary N) is 1. The number of aryl methyl sites for hydroxylation is 1. The zero-order valence-corrected chi connectivity index (χ0v) is 12.7. The molecule has 0 aliphatic rings. The molecule has 0 aliphatic heterocycles. The highest BCUT2D eigenvalue weighted by Crippen LogP contribution is 2.27. The van der Waals surface area contributed by atoms with Crippen LogP contribution in [0.4, 0.5) is 17.1 Å². The lowest BCUT2D eigenvalue weighted by Crippen LogP contribution is -2.09. The fraction of sp³-hybridized carbons (Fsp3) is 0.188. The Kier molecular flexibility index (Phi) is 4.70. The summed E-state index contributed by atoms with van der Waals surface area (Å²) in [5.41, 5.74) is 9.14. The molecular weight excluding hydrogens is 288 g/mol. The van der Waals surface area contributed by atoms with Gasteiger partial charge in [0.05, 0.1) is 17.9 Å². The maximum atomic E-state index is 12.0. The van der Waals surface area contributed by atoms with E-state index in [0.29, 0.717) is 28.6 Å². The van der Waals surface area contributed by atoms with Gasteiger partial charge in [-0.05, 0) is 49.7 Å². The van der Waals surface area contributed by atoms with Gasteiger partial charge in [-0.25, -0.2) is 4.79 Å². The molecule has 0 bridgehead atoms. The van der Waals surface area contributed by atoms with Crippen LogP contribution in [0, 0.1) is 6.92 Å². The number of nitrogen functional groups attached to an aromatic ring is 1. The number of carbonyl (C=O) groups excluding carboxylic acids is 1. The third-order valence-corrected chi connectivity index (χ3v) is 3.24. The fourth-order valence-corrected chi connectivity index (χ4v) is 2.09. The summed E-state index contributed by atoms with van der Waals surface area (Å²) in [5, 5.41) is 3.83. The highest BCUT2D eigenvalue weighted by atomic mass is 35.5. The fourth-order valence-electron chi connectivity index (χ4n) is 1.92. The normalized spacial score (nSPS) is 10.2. The quantitative estimate of drug-likeness (QED) is 0.658. The number of ether oxygens (including phenoxy) is 1. The summed E-state index contributed by atoms with van der Waals surface area (Å²) in [4.78, 5) is 12.0. The molecule has 0 atom stereocenters. The van der Waals surface area contributed by atoms with Gasteiger partial charge in [0.25, 0.3) is 0 Å². The monoisotopic (exact) mass is 304 g/mol. The van der Waals surface area contributed by atoms with Gasteiger partial charge in [0.1, 0.15) is 0 Å². The van der Waals surface area contributed by atoms with Gasteiger partial charge in [-0.1, -0.05) is 17.7 Å². The predicted molar refractivity (Wildman–Crippen MR) is 86.3 cm³/mol. The summed E-state index contributed by atoms with van der Waals surface area (Å²) in [5.74, 6) is -0.410. The Labute approximate surface area is 128 Å². The van der Waals surface area contributed by atoms with Gasteiger partial charge < -0.3 is 15.8 Å². The van der Waals surface area contributed by atoms with E-state index in [1.807, 2.05) is 25.1 Å². The van der Waals surface area contributed by atoms with Crippen LogP contribution in [0.1, 0.15) is 22.8 Å². The molecule has 0 spiro atoms. The molecule has 0 unspecified atom stereocenters. The van der Waals surface area contributed by atoms with Crippen LogP contribution in [0.5, 0.6) is 0 Å². The number of halogens is 1. The van der Waals surface area contributed by atoms with Crippen molar-refractivity contribution in [2.75, 3.05) is 17.7 Å². The first kappa shape index (κ1) is 15.2. The molecule has 21 heavy (non-hydrogen) atoms. The number of esters is 1. The molecule has 0 aromatic heterocycles. The number of benzene rings is 2. The van der Waals surface area contributed by atoms with Crippen molar-refractivity contribution in [3.63, 3.8) is 0 Å². The molecule has 0 radical (unpaired) electrons. The Morgan fingerprint density at radius 1 is 1.24 bits per heavy atom. The lowest BCUT2D eigenvalue weighted by molar-refractivity contribution is 0.0527. The van der Waals surface area contributed by atoms with Crippen molar-refractivity contribution in [2.45, 2.75) is 13.8 Å². The zero-order valence-electron chi connectivity index (χ0n) is 11.9. The number of anilines is 3. The molecule has 0 heterocycles. The molecule has 2 rings (SSSR count). The molecule has 2 aromatic carbocycles. The number of hydrogen-bond donors (Lipinski definition) is 2. The van der Waals surface area contributed by atoms with Gasteiger partial charge >= 0.3 is 5.97 Å². The second-order valence-corrected chi connectivity index (χ2v) is 5.05. The van der Waals surface area contributed by atoms with E-state index in [1.54, 1.807) is 25.1 Å². The smallest absolute Gasteiger partial charge is 0.340 e. The third-order valence-electron chi connectivity index (χ3n) is 3.01. The van der Waals surface area contributed by atoms with Crippen molar-refractivity contribution in [1.29, 1.82) is 0 Å². The molecule has 0 amide bonds. The van der Waals surface area contributed by atoms with Gasteiger partial charge in [-0.2, -0.15) is 0 Å². The highest BCUT2D eigenvalue weighted by Gasteiger charge is 2.14. The second kappa shape index (κ2) is 6.50. The first-order valence-electron chi connectivity index (χ1n) is 6.61. The van der Waals surface area contributed by atoms with Crippen LogP contribution in [-0.2, 0) is 4.74 Å². The van der Waals surface area contributed by atoms with Crippen molar-refractivity contribution >= 4 is 34.6 Å². The average Bonchev–Trinajstić information content (AvgIpc) is 2.45. The van der Waals surface area contributed by atoms with E-state index >= 15 is 0 Å². The number of nitrogens with two attached hydrogens (primary N) is 1. The van der Waals surface area contributed by atoms with Gasteiger partial charge in [0.15, 0.2) is 0 Å². The van der Waals surface area contributed by atoms with Crippen LogP contribution in [0.15, 0.2) is 36.4 Å². The molecule has 0 fully saturated rings. The first-order valence-corrected chi connectivity index (χ1v) is 6.99. The minimum absolute atomic E-state index is 0.309. The lowest BCUT2D eigenvalue weighted by Gasteiger charge is -2.14. The van der Waals surface area contributed by atoms with Gasteiger partial charge in [-0.3, -0.25) is 0 Å². The Morgan fingerprint density at radius 2 is 2.00 bits per heavy atom. The molecule has 2 aromatic rings. The number of rotatable bonds is 4. The summed E-state index contributed by atoms with van der Waals surface area (Å²) >= 11 is 6.01. The van der Waals surface area contributed by atoms with Crippen molar-refractivity contribution < 1.29 is 9.53 Å². The van der Waals surface area contributed by atoms with Crippen LogP contribution in [0.25, 0.3) is 0 Å². The van der Waals surface area contributed by atoms with Crippen LogP contribution in [0.2, 0.25) is 5.02 Å². The lowest BCUT2D eigenvalue weighted by atomic mass is 10.1. The Morgan fingerprint density at radius 3 is 2.71 bits per heavy atom. The summed E-state index contributed by atoms with van der Waals surface area (Å²) in [6, 6.07) is 10.6. The van der Waals surface area contributed by atoms with Gasteiger partial charge in [0, 0.05) is 16.4 Å². The molecule has 5 heteroatoms. The predicted octanol–water partition coefficient (Wildman–Crippen LogP) is 4.15. The van der Waals surface area contributed by atoms with Crippen LogP contribution < -0.4 is 11.1 Å². The van der Waals surface area contributed by atoms with E-state index in [-0.39, 0.29) is 0 Å². The Balaban J connectivity index is 2.39. The molecule has 3 N–H and O–H groups in total. The van der Waals surface area contributed by atoms with E-state index in [2.05, 4.69) is 5.32 Å². The Bertz CT molecular complexity index is 671. The molecule has 0 aliphatic carbocycles.